The number of aromatic amines is 1. The minimum absolute atomic E-state index is 0.0554. The second-order valence-corrected chi connectivity index (χ2v) is 13.5. The molecule has 1 atom stereocenters. The molecule has 2 fully saturated rings. The predicted octanol–water partition coefficient (Wildman–Crippen LogP) is 4.10. The number of nitrogens with two attached hydrogens (primary N) is 1. The molecule has 4 N–H and O–H groups in total. The maximum atomic E-state index is 14.0. The third kappa shape index (κ3) is 6.22. The number of amidine groups is 1. The van der Waals surface area contributed by atoms with Gasteiger partial charge < -0.3 is 10.6 Å². The second-order valence-electron chi connectivity index (χ2n) is 13.5. The van der Waals surface area contributed by atoms with Gasteiger partial charge in [-0.15, -0.1) is 0 Å². The Morgan fingerprint density at radius 3 is 2.60 bits per heavy atom. The summed E-state index contributed by atoms with van der Waals surface area (Å²) in [4.78, 5) is 46.0. The van der Waals surface area contributed by atoms with Gasteiger partial charge in [0.25, 0.3) is 0 Å². The Balaban J connectivity index is 0.969. The van der Waals surface area contributed by atoms with Gasteiger partial charge in [-0.05, 0) is 74.6 Å². The summed E-state index contributed by atoms with van der Waals surface area (Å²) in [5.74, 6) is 1.13. The normalized spacial score (nSPS) is 20.1. The number of pyridine rings is 1. The first-order valence-electron chi connectivity index (χ1n) is 17.0. The fourth-order valence-corrected chi connectivity index (χ4v) is 7.36. The van der Waals surface area contributed by atoms with E-state index in [1.54, 1.807) is 11.9 Å². The highest BCUT2D eigenvalue weighted by atomic mass is 16.2. The number of anilines is 1. The summed E-state index contributed by atoms with van der Waals surface area (Å²) in [5, 5.41) is 17.3. The van der Waals surface area contributed by atoms with Crippen molar-refractivity contribution in [2.75, 3.05) is 51.2 Å². The molecule has 4 aromatic rings. The number of likely N-dealkylation sites (tertiary alicyclic amines) is 1. The van der Waals surface area contributed by atoms with Gasteiger partial charge in [0.2, 0.25) is 11.8 Å². The topological polar surface area (TPSA) is 160 Å². The first-order chi connectivity index (χ1) is 24.2. The monoisotopic (exact) mass is 670 g/mol. The first kappa shape index (κ1) is 33.0. The molecule has 0 radical (unpaired) electrons. The average Bonchev–Trinajstić information content (AvgIpc) is 3.83. The third-order valence-electron chi connectivity index (χ3n) is 10.4. The lowest BCUT2D eigenvalue weighted by Gasteiger charge is -2.29. The Morgan fingerprint density at radius 2 is 1.84 bits per heavy atom. The van der Waals surface area contributed by atoms with E-state index in [0.29, 0.717) is 75.2 Å². The molecule has 0 saturated carbocycles. The number of carbonyl (C=O) groups excluding carboxylic acids is 2. The smallest absolute Gasteiger partial charge is 0.237 e. The zero-order valence-corrected chi connectivity index (χ0v) is 28.7. The molecule has 2 amide bonds. The third-order valence-corrected chi connectivity index (χ3v) is 10.4. The highest BCUT2D eigenvalue weighted by Crippen LogP contribution is 2.42. The molecule has 0 bridgehead atoms. The molecule has 12 nitrogen and oxygen atoms in total. The number of amides is 2. The SMILES string of the molecule is CN=CN=C(N)c1ccc(C2=CCN(C(=O)CN3CC[C@]4(CCN(c5ccc(C)c(C(=N)c6ccc7n[nH]c(C)c7c6)n5)C4=O)C3)CC2)cc1. The predicted molar refractivity (Wildman–Crippen MR) is 197 cm³/mol. The molecule has 2 saturated heterocycles. The Hall–Kier alpha value is -5.49. The fraction of sp³-hybridized carbons (Fsp3) is 0.342. The van der Waals surface area contributed by atoms with Crippen molar-refractivity contribution >= 4 is 52.0 Å². The Bertz CT molecular complexity index is 2080. The van der Waals surface area contributed by atoms with Crippen LogP contribution < -0.4 is 10.6 Å². The highest BCUT2D eigenvalue weighted by molar-refractivity contribution is 6.12. The van der Waals surface area contributed by atoms with Gasteiger partial charge in [0.05, 0.1) is 28.9 Å². The molecule has 7 rings (SSSR count). The molecular formula is C38H42N10O2. The number of aliphatic imine (C=N–C) groups is 2. The molecule has 0 aliphatic carbocycles. The van der Waals surface area contributed by atoms with Gasteiger partial charge in [-0.1, -0.05) is 42.5 Å². The van der Waals surface area contributed by atoms with Gasteiger partial charge in [0, 0.05) is 55.4 Å². The second kappa shape index (κ2) is 13.4. The summed E-state index contributed by atoms with van der Waals surface area (Å²) in [6.45, 7) is 7.25. The van der Waals surface area contributed by atoms with Crippen LogP contribution in [0.5, 0.6) is 0 Å². The maximum Gasteiger partial charge on any atom is 0.237 e. The van der Waals surface area contributed by atoms with Crippen LogP contribution in [0.3, 0.4) is 0 Å². The Morgan fingerprint density at radius 1 is 1.06 bits per heavy atom. The molecule has 2 aromatic heterocycles. The first-order valence-corrected chi connectivity index (χ1v) is 17.0. The van der Waals surface area contributed by atoms with Gasteiger partial charge in [-0.2, -0.15) is 5.10 Å². The van der Waals surface area contributed by atoms with Crippen LogP contribution in [0.4, 0.5) is 5.82 Å². The zero-order valence-electron chi connectivity index (χ0n) is 28.7. The van der Waals surface area contributed by atoms with Crippen molar-refractivity contribution in [3.05, 3.63) is 94.3 Å². The molecule has 50 heavy (non-hydrogen) atoms. The lowest BCUT2D eigenvalue weighted by Crippen LogP contribution is -2.43. The molecule has 3 aliphatic rings. The van der Waals surface area contributed by atoms with E-state index in [1.165, 1.54) is 11.9 Å². The van der Waals surface area contributed by atoms with Crippen molar-refractivity contribution in [3.63, 3.8) is 0 Å². The van der Waals surface area contributed by atoms with Crippen molar-refractivity contribution in [1.29, 1.82) is 5.41 Å². The minimum atomic E-state index is -0.525. The number of fused-ring (bicyclic) bond motifs is 1. The summed E-state index contributed by atoms with van der Waals surface area (Å²) < 4.78 is 0. The highest BCUT2D eigenvalue weighted by Gasteiger charge is 2.51. The van der Waals surface area contributed by atoms with E-state index in [9.17, 15) is 9.59 Å². The molecular weight excluding hydrogens is 628 g/mol. The zero-order chi connectivity index (χ0) is 35.0. The van der Waals surface area contributed by atoms with E-state index in [1.807, 2.05) is 73.3 Å². The van der Waals surface area contributed by atoms with Gasteiger partial charge >= 0.3 is 0 Å². The molecule has 2 aromatic carbocycles. The van der Waals surface area contributed by atoms with E-state index in [0.717, 1.165) is 45.3 Å². The van der Waals surface area contributed by atoms with Crippen LogP contribution in [-0.2, 0) is 9.59 Å². The van der Waals surface area contributed by atoms with Crippen molar-refractivity contribution < 1.29 is 9.59 Å². The molecule has 3 aliphatic heterocycles. The van der Waals surface area contributed by atoms with E-state index >= 15 is 0 Å². The lowest BCUT2D eigenvalue weighted by atomic mass is 9.85. The quantitative estimate of drug-likeness (QED) is 0.189. The Kier molecular flexibility index (Phi) is 8.87. The van der Waals surface area contributed by atoms with Crippen LogP contribution in [-0.4, -0.2) is 101 Å². The number of H-pyrrole nitrogens is 1. The van der Waals surface area contributed by atoms with Crippen molar-refractivity contribution in [2.45, 2.75) is 33.1 Å². The number of hydrogen-bond acceptors (Lipinski definition) is 7. The lowest BCUT2D eigenvalue weighted by molar-refractivity contribution is -0.132. The summed E-state index contributed by atoms with van der Waals surface area (Å²) >= 11 is 0. The van der Waals surface area contributed by atoms with Gasteiger partial charge in [0.1, 0.15) is 18.0 Å². The Labute approximate surface area is 291 Å². The molecule has 256 valence electrons. The fourth-order valence-electron chi connectivity index (χ4n) is 7.36. The van der Waals surface area contributed by atoms with E-state index < -0.39 is 5.41 Å². The molecule has 5 heterocycles. The van der Waals surface area contributed by atoms with E-state index in [2.05, 4.69) is 31.2 Å². The van der Waals surface area contributed by atoms with Crippen molar-refractivity contribution in [3.8, 4) is 0 Å². The number of carbonyl (C=O) groups is 2. The largest absolute Gasteiger partial charge is 0.383 e. The number of aryl methyl sites for hydroxylation is 2. The van der Waals surface area contributed by atoms with Gasteiger partial charge in [-0.3, -0.25) is 34.9 Å². The number of nitrogens with zero attached hydrogens (tertiary/aromatic N) is 7. The number of rotatable bonds is 8. The standard InChI is InChI=1S/C38H42N10O2/c1-24-4-11-32(43-35(24)34(39)29-9-10-31-30(20-29)25(2)44-45-31)48-19-15-38(37(48)50)14-18-46(22-38)21-33(49)47-16-12-27(13-17-47)26-5-7-28(8-6-26)36(40)42-23-41-3/h4-12,20,23,39H,13-19,21-22H2,1-3H3,(H,44,45)(H2,40,41,42)/t38-/m0/s1. The van der Waals surface area contributed by atoms with Crippen molar-refractivity contribution in [2.24, 2.45) is 21.1 Å². The maximum absolute atomic E-state index is 14.0. The van der Waals surface area contributed by atoms with E-state index in [-0.39, 0.29) is 11.8 Å². The van der Waals surface area contributed by atoms with E-state index in [4.69, 9.17) is 16.1 Å². The molecule has 0 unspecified atom stereocenters. The van der Waals surface area contributed by atoms with Gasteiger partial charge in [0.15, 0.2) is 0 Å². The average molecular weight is 671 g/mol. The summed E-state index contributed by atoms with van der Waals surface area (Å²) in [6, 6.07) is 17.6. The van der Waals surface area contributed by atoms with Crippen LogP contribution >= 0.6 is 0 Å². The minimum Gasteiger partial charge on any atom is -0.383 e. The number of aromatic nitrogens is 3. The van der Waals surface area contributed by atoms with Crippen LogP contribution in [0, 0.1) is 24.7 Å². The van der Waals surface area contributed by atoms with Crippen LogP contribution in [0.2, 0.25) is 0 Å². The number of benzene rings is 2. The summed E-state index contributed by atoms with van der Waals surface area (Å²) in [6.07, 6.45) is 5.76. The summed E-state index contributed by atoms with van der Waals surface area (Å²) in [5.41, 5.74) is 13.0. The number of hydrogen-bond donors (Lipinski definition) is 3. The van der Waals surface area contributed by atoms with Crippen molar-refractivity contribution in [1.82, 2.24) is 25.0 Å². The molecule has 12 heteroatoms. The van der Waals surface area contributed by atoms with Crippen LogP contribution in [0.15, 0.2) is 70.7 Å². The molecule has 1 spiro atoms. The van der Waals surface area contributed by atoms with Gasteiger partial charge in [-0.25, -0.2) is 9.98 Å². The summed E-state index contributed by atoms with van der Waals surface area (Å²) in [7, 11) is 1.65. The van der Waals surface area contributed by atoms with Crippen LogP contribution in [0.1, 0.15) is 52.9 Å². The van der Waals surface area contributed by atoms with Crippen LogP contribution in [0.25, 0.3) is 16.5 Å². The number of nitrogens with one attached hydrogen (secondary N) is 2.